The van der Waals surface area contributed by atoms with Gasteiger partial charge in [-0.2, -0.15) is 0 Å². The fourth-order valence-electron chi connectivity index (χ4n) is 2.07. The highest BCUT2D eigenvalue weighted by Crippen LogP contribution is 2.28. The summed E-state index contributed by atoms with van der Waals surface area (Å²) in [5, 5.41) is 5.04. The second-order valence-corrected chi connectivity index (χ2v) is 6.54. The Hall–Kier alpha value is -0.740. The molecular formula is C16H18Cl2N2S. The van der Waals surface area contributed by atoms with Crippen LogP contribution in [0.1, 0.15) is 12.5 Å². The number of hydrogen-bond donors (Lipinski definition) is 1. The van der Waals surface area contributed by atoms with Crippen molar-refractivity contribution in [1.82, 2.24) is 10.3 Å². The zero-order valence-electron chi connectivity index (χ0n) is 11.9. The van der Waals surface area contributed by atoms with Gasteiger partial charge in [0, 0.05) is 29.1 Å². The fourth-order valence-corrected chi connectivity index (χ4v) is 3.56. The number of halogens is 2. The van der Waals surface area contributed by atoms with Crippen molar-refractivity contribution in [3.05, 3.63) is 58.3 Å². The monoisotopic (exact) mass is 340 g/mol. The summed E-state index contributed by atoms with van der Waals surface area (Å²) < 4.78 is 0. The fraction of sp³-hybridized carbons (Fsp3) is 0.312. The summed E-state index contributed by atoms with van der Waals surface area (Å²) in [6, 6.07) is 10.3. The van der Waals surface area contributed by atoms with Gasteiger partial charge in [-0.3, -0.25) is 4.98 Å². The Kier molecular flexibility index (Phi) is 6.84. The summed E-state index contributed by atoms with van der Waals surface area (Å²) in [6.45, 7) is 3.04. The van der Waals surface area contributed by atoms with Crippen molar-refractivity contribution in [2.75, 3.05) is 12.3 Å². The van der Waals surface area contributed by atoms with Gasteiger partial charge in [-0.05, 0) is 36.7 Å². The van der Waals surface area contributed by atoms with E-state index in [0.717, 1.165) is 39.2 Å². The number of pyridine rings is 1. The third kappa shape index (κ3) is 5.19. The van der Waals surface area contributed by atoms with E-state index in [1.54, 1.807) is 24.2 Å². The number of hydrogen-bond acceptors (Lipinski definition) is 3. The molecule has 0 radical (unpaired) electrons. The molecule has 1 aromatic heterocycles. The van der Waals surface area contributed by atoms with Gasteiger partial charge in [-0.25, -0.2) is 0 Å². The van der Waals surface area contributed by atoms with E-state index < -0.39 is 0 Å². The Balaban J connectivity index is 1.99. The first-order chi connectivity index (χ1) is 10.2. The van der Waals surface area contributed by atoms with Crippen LogP contribution in [-0.2, 0) is 6.42 Å². The summed E-state index contributed by atoms with van der Waals surface area (Å²) in [5.74, 6) is 0.941. The number of nitrogens with one attached hydrogen (secondary N) is 1. The van der Waals surface area contributed by atoms with Crippen LogP contribution in [-0.4, -0.2) is 23.3 Å². The molecule has 0 aliphatic rings. The Labute approximate surface area is 140 Å². The highest BCUT2D eigenvalue weighted by molar-refractivity contribution is 7.99. The smallest absolute Gasteiger partial charge is 0.0621 e. The third-order valence-electron chi connectivity index (χ3n) is 3.09. The number of nitrogens with zero attached hydrogens (tertiary/aromatic N) is 1. The van der Waals surface area contributed by atoms with Crippen molar-refractivity contribution in [3.63, 3.8) is 0 Å². The lowest BCUT2D eigenvalue weighted by Crippen LogP contribution is -2.33. The second-order valence-electron chi connectivity index (χ2n) is 4.67. The molecule has 0 spiro atoms. The second kappa shape index (κ2) is 8.64. The number of benzene rings is 1. The van der Waals surface area contributed by atoms with Crippen LogP contribution in [0.5, 0.6) is 0 Å². The van der Waals surface area contributed by atoms with Gasteiger partial charge in [0.2, 0.25) is 0 Å². The maximum Gasteiger partial charge on any atom is 0.0621 e. The SMILES string of the molecule is CCNC(CSc1ccccc1Cl)Cc1ccncc1Cl. The maximum absolute atomic E-state index is 6.20. The molecule has 1 aromatic carbocycles. The molecule has 0 bridgehead atoms. The average molecular weight is 341 g/mol. The van der Waals surface area contributed by atoms with Crippen LogP contribution in [0.2, 0.25) is 10.0 Å². The van der Waals surface area contributed by atoms with Gasteiger partial charge in [0.05, 0.1) is 10.0 Å². The van der Waals surface area contributed by atoms with Crippen molar-refractivity contribution in [3.8, 4) is 0 Å². The molecule has 21 heavy (non-hydrogen) atoms. The summed E-state index contributed by atoms with van der Waals surface area (Å²) in [4.78, 5) is 5.14. The Morgan fingerprint density at radius 1 is 1.19 bits per heavy atom. The van der Waals surface area contributed by atoms with E-state index in [2.05, 4.69) is 23.3 Å². The first-order valence-electron chi connectivity index (χ1n) is 6.89. The van der Waals surface area contributed by atoms with E-state index in [1.165, 1.54) is 0 Å². The summed E-state index contributed by atoms with van der Waals surface area (Å²) in [7, 11) is 0. The number of likely N-dealkylation sites (N-methyl/N-ethyl adjacent to an activating group) is 1. The lowest BCUT2D eigenvalue weighted by atomic mass is 10.1. The van der Waals surface area contributed by atoms with Crippen LogP contribution in [0.4, 0.5) is 0 Å². The van der Waals surface area contributed by atoms with Gasteiger partial charge >= 0.3 is 0 Å². The maximum atomic E-state index is 6.20. The van der Waals surface area contributed by atoms with Crippen LogP contribution in [0, 0.1) is 0 Å². The minimum atomic E-state index is 0.344. The quantitative estimate of drug-likeness (QED) is 0.739. The number of aromatic nitrogens is 1. The first kappa shape index (κ1) is 16.6. The average Bonchev–Trinajstić information content (AvgIpc) is 2.48. The molecule has 0 saturated heterocycles. The predicted molar refractivity (Wildman–Crippen MR) is 92.6 cm³/mol. The Morgan fingerprint density at radius 2 is 2.00 bits per heavy atom. The van der Waals surface area contributed by atoms with Crippen molar-refractivity contribution in [2.45, 2.75) is 24.3 Å². The third-order valence-corrected chi connectivity index (χ3v) is 5.11. The molecule has 1 N–H and O–H groups in total. The zero-order chi connectivity index (χ0) is 15.1. The van der Waals surface area contributed by atoms with E-state index in [1.807, 2.05) is 24.3 Å². The van der Waals surface area contributed by atoms with E-state index >= 15 is 0 Å². The molecule has 1 atom stereocenters. The van der Waals surface area contributed by atoms with Crippen LogP contribution >= 0.6 is 35.0 Å². The molecule has 5 heteroatoms. The minimum absolute atomic E-state index is 0.344. The van der Waals surface area contributed by atoms with E-state index in [9.17, 15) is 0 Å². The Morgan fingerprint density at radius 3 is 2.71 bits per heavy atom. The number of thioether (sulfide) groups is 1. The first-order valence-corrected chi connectivity index (χ1v) is 8.64. The van der Waals surface area contributed by atoms with Gasteiger partial charge in [0.15, 0.2) is 0 Å². The van der Waals surface area contributed by atoms with Crippen LogP contribution in [0.3, 0.4) is 0 Å². The van der Waals surface area contributed by atoms with Gasteiger partial charge in [-0.15, -0.1) is 11.8 Å². The van der Waals surface area contributed by atoms with Crippen molar-refractivity contribution >= 4 is 35.0 Å². The van der Waals surface area contributed by atoms with Crippen LogP contribution in [0.25, 0.3) is 0 Å². The zero-order valence-corrected chi connectivity index (χ0v) is 14.2. The van der Waals surface area contributed by atoms with Gasteiger partial charge in [-0.1, -0.05) is 42.3 Å². The number of rotatable bonds is 7. The van der Waals surface area contributed by atoms with Crippen LogP contribution in [0.15, 0.2) is 47.6 Å². The summed E-state index contributed by atoms with van der Waals surface area (Å²) in [6.07, 6.45) is 4.36. The van der Waals surface area contributed by atoms with Crippen molar-refractivity contribution < 1.29 is 0 Å². The molecule has 2 rings (SSSR count). The molecule has 0 saturated carbocycles. The molecule has 0 fully saturated rings. The van der Waals surface area contributed by atoms with Gasteiger partial charge in [0.25, 0.3) is 0 Å². The van der Waals surface area contributed by atoms with E-state index in [-0.39, 0.29) is 0 Å². The lowest BCUT2D eigenvalue weighted by Gasteiger charge is -2.18. The van der Waals surface area contributed by atoms with Crippen molar-refractivity contribution in [1.29, 1.82) is 0 Å². The standard InChI is InChI=1S/C16H18Cl2N2S/c1-2-20-13(9-12-7-8-19-10-15(12)18)11-21-16-6-4-3-5-14(16)17/h3-8,10,13,20H,2,9,11H2,1H3. The minimum Gasteiger partial charge on any atom is -0.313 e. The molecule has 0 aliphatic carbocycles. The van der Waals surface area contributed by atoms with E-state index in [4.69, 9.17) is 23.2 Å². The van der Waals surface area contributed by atoms with Crippen molar-refractivity contribution in [2.24, 2.45) is 0 Å². The molecular weight excluding hydrogens is 323 g/mol. The topological polar surface area (TPSA) is 24.9 Å². The molecule has 0 aliphatic heterocycles. The summed E-state index contributed by atoms with van der Waals surface area (Å²) >= 11 is 14.2. The predicted octanol–water partition coefficient (Wildman–Crippen LogP) is 4.70. The van der Waals surface area contributed by atoms with E-state index in [0.29, 0.717) is 6.04 Å². The van der Waals surface area contributed by atoms with Gasteiger partial charge in [0.1, 0.15) is 0 Å². The van der Waals surface area contributed by atoms with Crippen LogP contribution < -0.4 is 5.32 Å². The molecule has 0 amide bonds. The highest BCUT2D eigenvalue weighted by atomic mass is 35.5. The Bertz CT molecular complexity index is 578. The van der Waals surface area contributed by atoms with Gasteiger partial charge < -0.3 is 5.32 Å². The molecule has 2 aromatic rings. The summed E-state index contributed by atoms with van der Waals surface area (Å²) in [5.41, 5.74) is 1.12. The largest absolute Gasteiger partial charge is 0.313 e. The molecule has 1 unspecified atom stereocenters. The lowest BCUT2D eigenvalue weighted by molar-refractivity contribution is 0.572. The molecule has 2 nitrogen and oxygen atoms in total. The molecule has 1 heterocycles. The molecule has 112 valence electrons. The highest BCUT2D eigenvalue weighted by Gasteiger charge is 2.12. The normalized spacial score (nSPS) is 12.3.